The Kier molecular flexibility index (Phi) is 7.33. The first kappa shape index (κ1) is 25.6. The number of fused-ring (bicyclic) bond motifs is 1. The lowest BCUT2D eigenvalue weighted by Gasteiger charge is -2.40. The number of esters is 1. The van der Waals surface area contributed by atoms with Crippen LogP contribution in [0.15, 0.2) is 18.2 Å². The molecule has 3 rings (SSSR count). The maximum atomic E-state index is 12.9. The molecule has 2 aliphatic heterocycles. The van der Waals surface area contributed by atoms with Crippen molar-refractivity contribution in [2.45, 2.75) is 71.8 Å². The molecule has 0 bridgehead atoms. The summed E-state index contributed by atoms with van der Waals surface area (Å²) >= 11 is 0. The highest BCUT2D eigenvalue weighted by atomic mass is 16.6. The van der Waals surface area contributed by atoms with Gasteiger partial charge < -0.3 is 24.0 Å². The molecule has 2 amide bonds. The Morgan fingerprint density at radius 2 is 1.47 bits per heavy atom. The minimum absolute atomic E-state index is 0.260. The summed E-state index contributed by atoms with van der Waals surface area (Å²) in [5.74, 6) is -0.471. The first-order valence-electron chi connectivity index (χ1n) is 11.7. The van der Waals surface area contributed by atoms with E-state index in [9.17, 15) is 14.4 Å². The largest absolute Gasteiger partial charge is 0.467 e. The lowest BCUT2D eigenvalue weighted by molar-refractivity contribution is -0.147. The van der Waals surface area contributed by atoms with Crippen molar-refractivity contribution < 1.29 is 28.6 Å². The Morgan fingerprint density at radius 3 is 2.03 bits per heavy atom. The van der Waals surface area contributed by atoms with E-state index in [0.29, 0.717) is 32.6 Å². The molecule has 188 valence electrons. The van der Waals surface area contributed by atoms with Crippen LogP contribution in [0.4, 0.5) is 15.3 Å². The van der Waals surface area contributed by atoms with E-state index < -0.39 is 29.3 Å². The summed E-state index contributed by atoms with van der Waals surface area (Å²) in [5.41, 5.74) is 1.80. The van der Waals surface area contributed by atoms with E-state index in [-0.39, 0.29) is 12.6 Å². The van der Waals surface area contributed by atoms with Gasteiger partial charge in [-0.05, 0) is 58.7 Å². The number of benzene rings is 1. The fourth-order valence-corrected chi connectivity index (χ4v) is 4.21. The molecule has 2 aliphatic rings. The highest BCUT2D eigenvalue weighted by Gasteiger charge is 2.39. The van der Waals surface area contributed by atoms with E-state index in [4.69, 9.17) is 14.2 Å². The van der Waals surface area contributed by atoms with Crippen LogP contribution in [0.5, 0.6) is 0 Å². The average molecular weight is 476 g/mol. The highest BCUT2D eigenvalue weighted by Crippen LogP contribution is 2.33. The lowest BCUT2D eigenvalue weighted by Crippen LogP contribution is -2.52. The van der Waals surface area contributed by atoms with Gasteiger partial charge in [-0.2, -0.15) is 0 Å². The second-order valence-corrected chi connectivity index (χ2v) is 10.7. The second kappa shape index (κ2) is 9.72. The number of carbonyl (C=O) groups is 3. The molecule has 0 radical (unpaired) electrons. The van der Waals surface area contributed by atoms with Crippen LogP contribution in [-0.2, 0) is 32.0 Å². The number of piperazine rings is 1. The van der Waals surface area contributed by atoms with Crippen molar-refractivity contribution in [1.82, 2.24) is 9.80 Å². The molecule has 9 heteroatoms. The molecule has 0 aromatic heterocycles. The average Bonchev–Trinajstić information content (AvgIpc) is 2.75. The van der Waals surface area contributed by atoms with Crippen LogP contribution in [-0.4, -0.2) is 78.5 Å². The summed E-state index contributed by atoms with van der Waals surface area (Å²) in [6, 6.07) is 5.19. The summed E-state index contributed by atoms with van der Waals surface area (Å²) in [4.78, 5) is 43.3. The first-order chi connectivity index (χ1) is 15.8. The van der Waals surface area contributed by atoms with Crippen molar-refractivity contribution >= 4 is 23.8 Å². The normalized spacial score (nSPS) is 18.8. The van der Waals surface area contributed by atoms with Crippen LogP contribution in [0.1, 0.15) is 52.7 Å². The first-order valence-corrected chi connectivity index (χ1v) is 11.7. The molecule has 0 saturated carbocycles. The Morgan fingerprint density at radius 1 is 0.882 bits per heavy atom. The van der Waals surface area contributed by atoms with Crippen LogP contribution in [0, 0.1) is 0 Å². The third-order valence-electron chi connectivity index (χ3n) is 5.74. The van der Waals surface area contributed by atoms with Crippen molar-refractivity contribution in [3.8, 4) is 0 Å². The third-order valence-corrected chi connectivity index (χ3v) is 5.74. The van der Waals surface area contributed by atoms with E-state index >= 15 is 0 Å². The molecule has 0 unspecified atom stereocenters. The zero-order chi connectivity index (χ0) is 25.3. The van der Waals surface area contributed by atoms with Crippen LogP contribution in [0.2, 0.25) is 0 Å². The topological polar surface area (TPSA) is 88.6 Å². The van der Waals surface area contributed by atoms with Crippen LogP contribution in [0.25, 0.3) is 0 Å². The minimum Gasteiger partial charge on any atom is -0.467 e. The predicted octanol–water partition coefficient (Wildman–Crippen LogP) is 3.58. The Hall–Kier alpha value is -2.97. The van der Waals surface area contributed by atoms with Gasteiger partial charge >= 0.3 is 18.2 Å². The molecule has 1 aromatic rings. The van der Waals surface area contributed by atoms with E-state index in [0.717, 1.165) is 16.8 Å². The summed E-state index contributed by atoms with van der Waals surface area (Å²) in [5, 5.41) is 0. The highest BCUT2D eigenvalue weighted by molar-refractivity contribution is 5.83. The summed E-state index contributed by atoms with van der Waals surface area (Å²) in [7, 11) is 1.33. The summed E-state index contributed by atoms with van der Waals surface area (Å²) < 4.78 is 16.1. The van der Waals surface area contributed by atoms with E-state index in [1.54, 1.807) is 25.7 Å². The summed E-state index contributed by atoms with van der Waals surface area (Å²) in [6.07, 6.45) is -0.505. The zero-order valence-electron chi connectivity index (χ0n) is 21.3. The van der Waals surface area contributed by atoms with Gasteiger partial charge in [0, 0.05) is 38.3 Å². The zero-order valence-corrected chi connectivity index (χ0v) is 21.3. The standard InChI is InChI=1S/C25H37N3O6/c1-24(2,3)33-22(30)27-13-11-26(12-14-27)19-10-8-9-17-16-28(23(31)34-25(4,5)6)20(15-18(17)19)21(29)32-7/h8-10,20H,11-16H2,1-7H3/t20-/m1/s1. The molecule has 0 N–H and O–H groups in total. The van der Waals surface area contributed by atoms with Gasteiger partial charge in [0.1, 0.15) is 17.2 Å². The lowest BCUT2D eigenvalue weighted by atomic mass is 9.92. The maximum absolute atomic E-state index is 12.9. The van der Waals surface area contributed by atoms with Gasteiger partial charge in [-0.15, -0.1) is 0 Å². The third kappa shape index (κ3) is 6.12. The molecule has 0 spiro atoms. The van der Waals surface area contributed by atoms with Crippen molar-refractivity contribution in [3.05, 3.63) is 29.3 Å². The molecule has 1 aromatic carbocycles. The van der Waals surface area contributed by atoms with Crippen molar-refractivity contribution in [2.75, 3.05) is 38.2 Å². The molecule has 1 saturated heterocycles. The van der Waals surface area contributed by atoms with Gasteiger partial charge in [-0.1, -0.05) is 12.1 Å². The Balaban J connectivity index is 1.79. The van der Waals surface area contributed by atoms with Gasteiger partial charge in [-0.3, -0.25) is 4.90 Å². The fourth-order valence-electron chi connectivity index (χ4n) is 4.21. The van der Waals surface area contributed by atoms with Crippen molar-refractivity contribution in [2.24, 2.45) is 0 Å². The quantitative estimate of drug-likeness (QED) is 0.477. The van der Waals surface area contributed by atoms with Crippen molar-refractivity contribution in [1.29, 1.82) is 0 Å². The predicted molar refractivity (Wildman–Crippen MR) is 128 cm³/mol. The molecular formula is C25H37N3O6. The van der Waals surface area contributed by atoms with E-state index in [1.807, 2.05) is 39.0 Å². The number of hydrogen-bond acceptors (Lipinski definition) is 7. The number of anilines is 1. The van der Waals surface area contributed by atoms with E-state index in [2.05, 4.69) is 4.90 Å². The second-order valence-electron chi connectivity index (χ2n) is 10.7. The number of rotatable bonds is 2. The van der Waals surface area contributed by atoms with Gasteiger partial charge in [-0.25, -0.2) is 14.4 Å². The maximum Gasteiger partial charge on any atom is 0.411 e. The van der Waals surface area contributed by atoms with Crippen LogP contribution >= 0.6 is 0 Å². The molecular weight excluding hydrogens is 438 g/mol. The molecule has 2 heterocycles. The fraction of sp³-hybridized carbons (Fsp3) is 0.640. The SMILES string of the molecule is COC(=O)[C@H]1Cc2c(cccc2N2CCN(C(=O)OC(C)(C)C)CC2)CN1C(=O)OC(C)(C)C. The molecule has 0 aliphatic carbocycles. The number of nitrogens with zero attached hydrogens (tertiary/aromatic N) is 3. The van der Waals surface area contributed by atoms with Gasteiger partial charge in [0.15, 0.2) is 0 Å². The number of carbonyl (C=O) groups excluding carboxylic acids is 3. The number of ether oxygens (including phenoxy) is 3. The molecule has 34 heavy (non-hydrogen) atoms. The van der Waals surface area contributed by atoms with Crippen molar-refractivity contribution in [3.63, 3.8) is 0 Å². The minimum atomic E-state index is -0.767. The van der Waals surface area contributed by atoms with Crippen LogP contribution in [0.3, 0.4) is 0 Å². The molecule has 1 fully saturated rings. The number of methoxy groups -OCH3 is 1. The molecule has 1 atom stereocenters. The Bertz CT molecular complexity index is 926. The van der Waals surface area contributed by atoms with Crippen LogP contribution < -0.4 is 4.90 Å². The molecule has 9 nitrogen and oxygen atoms in total. The van der Waals surface area contributed by atoms with Gasteiger partial charge in [0.05, 0.1) is 13.7 Å². The van der Waals surface area contributed by atoms with E-state index in [1.165, 1.54) is 12.0 Å². The number of amides is 2. The smallest absolute Gasteiger partial charge is 0.411 e. The monoisotopic (exact) mass is 475 g/mol. The van der Waals surface area contributed by atoms with Gasteiger partial charge in [0.25, 0.3) is 0 Å². The van der Waals surface area contributed by atoms with Gasteiger partial charge in [0.2, 0.25) is 0 Å². The Labute approximate surface area is 201 Å². The number of hydrogen-bond donors (Lipinski definition) is 0. The summed E-state index contributed by atoms with van der Waals surface area (Å²) in [6.45, 7) is 13.6.